The zero-order valence-corrected chi connectivity index (χ0v) is 10.8. The van der Waals surface area contributed by atoms with Gasteiger partial charge in [0.1, 0.15) is 10.6 Å². The molecule has 2 rings (SSSR count). The second-order valence-electron chi connectivity index (χ2n) is 3.61. The van der Waals surface area contributed by atoms with Crippen LogP contribution in [0.25, 0.3) is 0 Å². The van der Waals surface area contributed by atoms with Crippen LogP contribution >= 0.6 is 0 Å². The fourth-order valence-electron chi connectivity index (χ4n) is 1.28. The first-order valence-corrected chi connectivity index (χ1v) is 5.57. The molecule has 10 nitrogen and oxygen atoms in total. The second kappa shape index (κ2) is 6.23. The van der Waals surface area contributed by atoms with Gasteiger partial charge in [-0.3, -0.25) is 15.1 Å². The molecule has 0 amide bonds. The minimum absolute atomic E-state index is 0.0127. The van der Waals surface area contributed by atoms with Gasteiger partial charge in [-0.15, -0.1) is 5.10 Å². The number of nitrogens with zero attached hydrogens (tertiary/aromatic N) is 5. The highest BCUT2D eigenvalue weighted by molar-refractivity contribution is 5.95. The van der Waals surface area contributed by atoms with Crippen molar-refractivity contribution in [2.45, 2.75) is 0 Å². The average Bonchev–Trinajstić information content (AvgIpc) is 2.96. The van der Waals surface area contributed by atoms with E-state index < -0.39 is 4.92 Å². The van der Waals surface area contributed by atoms with E-state index in [4.69, 9.17) is 14.9 Å². The summed E-state index contributed by atoms with van der Waals surface area (Å²) in [5.41, 5.74) is 5.96. The third-order valence-electron chi connectivity index (χ3n) is 2.23. The Balaban J connectivity index is 2.11. The number of furan rings is 1. The van der Waals surface area contributed by atoms with Crippen LogP contribution in [0, 0.1) is 10.1 Å². The molecular weight excluding hydrogens is 280 g/mol. The SMILES string of the molecule is COc1cncc(/C(N)=N\N=C\c2ccc([N+](=O)[O-])o2)n1. The van der Waals surface area contributed by atoms with E-state index in [1.807, 2.05) is 0 Å². The average molecular weight is 290 g/mol. The van der Waals surface area contributed by atoms with Gasteiger partial charge < -0.3 is 14.9 Å². The number of amidine groups is 1. The van der Waals surface area contributed by atoms with Crippen molar-refractivity contribution < 1.29 is 14.1 Å². The summed E-state index contributed by atoms with van der Waals surface area (Å²) in [5.74, 6) is 0.0945. The van der Waals surface area contributed by atoms with Crippen molar-refractivity contribution in [1.29, 1.82) is 0 Å². The van der Waals surface area contributed by atoms with Crippen molar-refractivity contribution in [1.82, 2.24) is 9.97 Å². The van der Waals surface area contributed by atoms with Crippen LogP contribution in [0.4, 0.5) is 5.88 Å². The summed E-state index contributed by atoms with van der Waals surface area (Å²) in [6.07, 6.45) is 4.00. The molecule has 0 aliphatic rings. The van der Waals surface area contributed by atoms with Crippen LogP contribution in [0.1, 0.15) is 11.5 Å². The Morgan fingerprint density at radius 3 is 3.00 bits per heavy atom. The quantitative estimate of drug-likeness (QED) is 0.370. The predicted molar refractivity (Wildman–Crippen MR) is 72.3 cm³/mol. The first kappa shape index (κ1) is 14.1. The lowest BCUT2D eigenvalue weighted by molar-refractivity contribution is -0.402. The Kier molecular flexibility index (Phi) is 4.19. The van der Waals surface area contributed by atoms with Gasteiger partial charge >= 0.3 is 5.88 Å². The van der Waals surface area contributed by atoms with E-state index in [1.165, 1.54) is 37.9 Å². The molecule has 0 aromatic carbocycles. The number of hydrogen-bond donors (Lipinski definition) is 1. The molecule has 0 saturated carbocycles. The molecule has 108 valence electrons. The first-order chi connectivity index (χ1) is 10.1. The lowest BCUT2D eigenvalue weighted by atomic mass is 10.4. The number of methoxy groups -OCH3 is 1. The molecule has 0 spiro atoms. The van der Waals surface area contributed by atoms with Crippen LogP contribution < -0.4 is 10.5 Å². The number of nitrogens with two attached hydrogens (primary N) is 1. The molecule has 0 aliphatic heterocycles. The normalized spacial score (nSPS) is 11.8. The predicted octanol–water partition coefficient (Wildman–Crippen LogP) is 0.726. The Bertz CT molecular complexity index is 708. The number of aromatic nitrogens is 2. The molecule has 2 aromatic heterocycles. The lowest BCUT2D eigenvalue weighted by Gasteiger charge is -2.00. The molecule has 2 aromatic rings. The Hall–Kier alpha value is -3.30. The van der Waals surface area contributed by atoms with Crippen molar-refractivity contribution in [2.75, 3.05) is 7.11 Å². The fraction of sp³-hybridized carbons (Fsp3) is 0.0909. The van der Waals surface area contributed by atoms with Crippen LogP contribution in [0.2, 0.25) is 0 Å². The van der Waals surface area contributed by atoms with E-state index in [2.05, 4.69) is 20.2 Å². The molecule has 21 heavy (non-hydrogen) atoms. The maximum atomic E-state index is 10.4. The van der Waals surface area contributed by atoms with Gasteiger partial charge in [0, 0.05) is 0 Å². The van der Waals surface area contributed by atoms with Crippen molar-refractivity contribution in [2.24, 2.45) is 15.9 Å². The molecule has 0 radical (unpaired) electrons. The summed E-state index contributed by atoms with van der Waals surface area (Å²) in [7, 11) is 1.45. The van der Waals surface area contributed by atoms with Gasteiger partial charge in [-0.1, -0.05) is 0 Å². The zero-order chi connectivity index (χ0) is 15.2. The molecule has 0 fully saturated rings. The molecule has 0 aliphatic carbocycles. The third kappa shape index (κ3) is 3.59. The van der Waals surface area contributed by atoms with Crippen LogP contribution in [-0.4, -0.2) is 34.1 Å². The van der Waals surface area contributed by atoms with E-state index in [1.54, 1.807) is 0 Å². The highest BCUT2D eigenvalue weighted by Crippen LogP contribution is 2.13. The molecule has 0 unspecified atom stereocenters. The van der Waals surface area contributed by atoms with Gasteiger partial charge in [0.05, 0.1) is 31.8 Å². The van der Waals surface area contributed by atoms with Crippen LogP contribution in [0.5, 0.6) is 5.88 Å². The number of hydrogen-bond acceptors (Lipinski definition) is 8. The van der Waals surface area contributed by atoms with Crippen LogP contribution in [-0.2, 0) is 0 Å². The molecule has 2 N–H and O–H groups in total. The largest absolute Gasteiger partial charge is 0.480 e. The highest BCUT2D eigenvalue weighted by atomic mass is 16.6. The molecule has 0 saturated heterocycles. The minimum atomic E-state index is -0.652. The number of rotatable bonds is 5. The van der Waals surface area contributed by atoms with Crippen molar-refractivity contribution >= 4 is 17.9 Å². The van der Waals surface area contributed by atoms with Crippen molar-refractivity contribution in [3.8, 4) is 5.88 Å². The van der Waals surface area contributed by atoms with Crippen LogP contribution in [0.3, 0.4) is 0 Å². The van der Waals surface area contributed by atoms with Gasteiger partial charge in [0.25, 0.3) is 0 Å². The summed E-state index contributed by atoms with van der Waals surface area (Å²) < 4.78 is 9.77. The monoisotopic (exact) mass is 290 g/mol. The molecule has 10 heteroatoms. The Morgan fingerprint density at radius 2 is 2.33 bits per heavy atom. The molecular formula is C11H10N6O4. The summed E-state index contributed by atoms with van der Waals surface area (Å²) in [5, 5.41) is 17.8. The van der Waals surface area contributed by atoms with Gasteiger partial charge in [-0.2, -0.15) is 5.10 Å². The summed E-state index contributed by atoms with van der Waals surface area (Å²) in [6.45, 7) is 0. The van der Waals surface area contributed by atoms with E-state index >= 15 is 0 Å². The van der Waals surface area contributed by atoms with Gasteiger partial charge in [0.15, 0.2) is 11.6 Å². The van der Waals surface area contributed by atoms with E-state index in [0.29, 0.717) is 0 Å². The zero-order valence-electron chi connectivity index (χ0n) is 10.8. The smallest absolute Gasteiger partial charge is 0.433 e. The summed E-state index contributed by atoms with van der Waals surface area (Å²) >= 11 is 0. The second-order valence-corrected chi connectivity index (χ2v) is 3.61. The van der Waals surface area contributed by atoms with Crippen molar-refractivity contribution in [3.63, 3.8) is 0 Å². The van der Waals surface area contributed by atoms with Gasteiger partial charge in [-0.05, 0) is 6.07 Å². The van der Waals surface area contributed by atoms with Crippen LogP contribution in [0.15, 0.2) is 39.1 Å². The Labute approximate surface area is 118 Å². The summed E-state index contributed by atoms with van der Waals surface area (Å²) in [4.78, 5) is 17.7. The molecule has 0 atom stereocenters. The minimum Gasteiger partial charge on any atom is -0.480 e. The van der Waals surface area contributed by atoms with Crippen molar-refractivity contribution in [3.05, 3.63) is 46.1 Å². The maximum absolute atomic E-state index is 10.4. The lowest BCUT2D eigenvalue weighted by Crippen LogP contribution is -2.15. The topological polar surface area (TPSA) is 142 Å². The maximum Gasteiger partial charge on any atom is 0.433 e. The van der Waals surface area contributed by atoms with Gasteiger partial charge in [-0.25, -0.2) is 4.98 Å². The van der Waals surface area contributed by atoms with Gasteiger partial charge in [0.2, 0.25) is 5.88 Å². The third-order valence-corrected chi connectivity index (χ3v) is 2.23. The summed E-state index contributed by atoms with van der Waals surface area (Å²) in [6, 6.07) is 2.60. The van der Waals surface area contributed by atoms with E-state index in [9.17, 15) is 10.1 Å². The molecule has 0 bridgehead atoms. The number of nitro groups is 1. The molecule has 2 heterocycles. The van der Waals surface area contributed by atoms with E-state index in [0.717, 1.165) is 0 Å². The number of ether oxygens (including phenoxy) is 1. The highest BCUT2D eigenvalue weighted by Gasteiger charge is 2.10. The Morgan fingerprint density at radius 1 is 1.52 bits per heavy atom. The standard InChI is InChI=1S/C11H10N6O4/c1-20-9-6-13-5-8(15-9)11(12)16-14-4-7-2-3-10(21-7)17(18)19/h2-6H,1H3,(H2,12,16)/b14-4+. The first-order valence-electron chi connectivity index (χ1n) is 5.57. The fourth-order valence-corrected chi connectivity index (χ4v) is 1.28. The van der Waals surface area contributed by atoms with E-state index in [-0.39, 0.29) is 29.1 Å².